The van der Waals surface area contributed by atoms with Gasteiger partial charge in [0.15, 0.2) is 11.5 Å². The third kappa shape index (κ3) is 2.73. The zero-order chi connectivity index (χ0) is 15.8. The molecule has 1 N–H and O–H groups in total. The Kier molecular flexibility index (Phi) is 3.38. The van der Waals surface area contributed by atoms with E-state index < -0.39 is 0 Å². The summed E-state index contributed by atoms with van der Waals surface area (Å²) in [6.07, 6.45) is 0. The Balaban J connectivity index is 1.48. The summed E-state index contributed by atoms with van der Waals surface area (Å²) >= 11 is 1.28. The molecule has 1 amide bonds. The number of hydrogen-bond donors (Lipinski definition) is 1. The first-order valence-electron chi connectivity index (χ1n) is 7.05. The van der Waals surface area contributed by atoms with E-state index in [2.05, 4.69) is 5.32 Å². The van der Waals surface area contributed by atoms with Crippen molar-refractivity contribution >= 4 is 27.3 Å². The van der Waals surface area contributed by atoms with Crippen molar-refractivity contribution in [1.82, 2.24) is 5.32 Å². The fourth-order valence-electron chi connectivity index (χ4n) is 2.44. The number of hydrogen-bond acceptors (Lipinski definition) is 4. The third-order valence-electron chi connectivity index (χ3n) is 3.60. The van der Waals surface area contributed by atoms with Gasteiger partial charge in [-0.25, -0.2) is 4.39 Å². The predicted octanol–water partition coefficient (Wildman–Crippen LogP) is 3.70. The Hall–Kier alpha value is -2.60. The van der Waals surface area contributed by atoms with E-state index in [1.165, 1.54) is 23.5 Å². The Bertz CT molecular complexity index is 906. The average Bonchev–Trinajstić information content (AvgIpc) is 3.17. The van der Waals surface area contributed by atoms with Crippen LogP contribution in [0.1, 0.15) is 15.2 Å². The summed E-state index contributed by atoms with van der Waals surface area (Å²) in [5, 5.41) is 3.73. The SMILES string of the molecule is O=C(NCc1ccc2c(c1)OCO2)c1cc2ccc(F)cc2s1. The van der Waals surface area contributed by atoms with Crippen molar-refractivity contribution in [1.29, 1.82) is 0 Å². The molecule has 0 radical (unpaired) electrons. The van der Waals surface area contributed by atoms with Crippen molar-refractivity contribution in [2.75, 3.05) is 6.79 Å². The third-order valence-corrected chi connectivity index (χ3v) is 4.69. The van der Waals surface area contributed by atoms with Gasteiger partial charge >= 0.3 is 0 Å². The monoisotopic (exact) mass is 329 g/mol. The van der Waals surface area contributed by atoms with Gasteiger partial charge in [-0.15, -0.1) is 11.3 Å². The second-order valence-corrected chi connectivity index (χ2v) is 6.25. The van der Waals surface area contributed by atoms with Gasteiger partial charge in [-0.2, -0.15) is 0 Å². The van der Waals surface area contributed by atoms with E-state index in [0.717, 1.165) is 15.6 Å². The lowest BCUT2D eigenvalue weighted by atomic mass is 10.2. The van der Waals surface area contributed by atoms with Crippen LogP contribution in [0, 0.1) is 5.82 Å². The van der Waals surface area contributed by atoms with Crippen LogP contribution in [0.2, 0.25) is 0 Å². The highest BCUT2D eigenvalue weighted by atomic mass is 32.1. The number of benzene rings is 2. The first-order valence-corrected chi connectivity index (χ1v) is 7.86. The number of halogens is 1. The first-order chi connectivity index (χ1) is 11.2. The quantitative estimate of drug-likeness (QED) is 0.797. The van der Waals surface area contributed by atoms with Crippen molar-refractivity contribution in [2.45, 2.75) is 6.54 Å². The lowest BCUT2D eigenvalue weighted by Gasteiger charge is -2.05. The average molecular weight is 329 g/mol. The number of thiophene rings is 1. The maximum Gasteiger partial charge on any atom is 0.261 e. The van der Waals surface area contributed by atoms with Gasteiger partial charge in [0, 0.05) is 11.2 Å². The van der Waals surface area contributed by atoms with Crippen molar-refractivity contribution in [3.63, 3.8) is 0 Å². The molecule has 2 heterocycles. The lowest BCUT2D eigenvalue weighted by molar-refractivity contribution is 0.0955. The summed E-state index contributed by atoms with van der Waals surface area (Å²) in [5.41, 5.74) is 0.926. The molecular formula is C17H12FNO3S. The Morgan fingerprint density at radius 1 is 1.13 bits per heavy atom. The van der Waals surface area contributed by atoms with Crippen LogP contribution < -0.4 is 14.8 Å². The van der Waals surface area contributed by atoms with E-state index in [0.29, 0.717) is 22.9 Å². The molecule has 0 saturated heterocycles. The molecule has 0 spiro atoms. The van der Waals surface area contributed by atoms with E-state index >= 15 is 0 Å². The van der Waals surface area contributed by atoms with E-state index in [9.17, 15) is 9.18 Å². The minimum absolute atomic E-state index is 0.177. The minimum Gasteiger partial charge on any atom is -0.454 e. The molecule has 0 bridgehead atoms. The summed E-state index contributed by atoms with van der Waals surface area (Å²) in [7, 11) is 0. The fraction of sp³-hybridized carbons (Fsp3) is 0.118. The number of nitrogens with one attached hydrogen (secondary N) is 1. The smallest absolute Gasteiger partial charge is 0.261 e. The molecule has 4 rings (SSSR count). The maximum atomic E-state index is 13.2. The summed E-state index contributed by atoms with van der Waals surface area (Å²) in [6, 6.07) is 11.8. The minimum atomic E-state index is -0.299. The highest BCUT2D eigenvalue weighted by Gasteiger charge is 2.14. The van der Waals surface area contributed by atoms with Crippen LogP contribution in [-0.2, 0) is 6.54 Å². The second-order valence-electron chi connectivity index (χ2n) is 5.16. The van der Waals surface area contributed by atoms with E-state index in [-0.39, 0.29) is 18.5 Å². The molecule has 4 nitrogen and oxygen atoms in total. The number of carbonyl (C=O) groups is 1. The van der Waals surface area contributed by atoms with Crippen LogP contribution in [0.3, 0.4) is 0 Å². The van der Waals surface area contributed by atoms with Gasteiger partial charge in [0.1, 0.15) is 5.82 Å². The molecule has 2 aromatic carbocycles. The van der Waals surface area contributed by atoms with Crippen LogP contribution in [0.5, 0.6) is 11.5 Å². The van der Waals surface area contributed by atoms with Crippen molar-refractivity contribution in [2.24, 2.45) is 0 Å². The maximum absolute atomic E-state index is 13.2. The number of ether oxygens (including phenoxy) is 2. The summed E-state index contributed by atoms with van der Waals surface area (Å²) in [4.78, 5) is 12.8. The molecule has 116 valence electrons. The highest BCUT2D eigenvalue weighted by molar-refractivity contribution is 7.20. The van der Waals surface area contributed by atoms with E-state index in [1.807, 2.05) is 18.2 Å². The molecule has 0 saturated carbocycles. The molecular weight excluding hydrogens is 317 g/mol. The van der Waals surface area contributed by atoms with Crippen molar-refractivity contribution < 1.29 is 18.7 Å². The molecule has 0 fully saturated rings. The molecule has 0 unspecified atom stereocenters. The van der Waals surface area contributed by atoms with E-state index in [4.69, 9.17) is 9.47 Å². The molecule has 1 aromatic heterocycles. The van der Waals surface area contributed by atoms with Crippen LogP contribution in [0.15, 0.2) is 42.5 Å². The van der Waals surface area contributed by atoms with Gasteiger partial charge in [0.25, 0.3) is 5.91 Å². The van der Waals surface area contributed by atoms with Gasteiger partial charge in [-0.3, -0.25) is 4.79 Å². The molecule has 3 aromatic rings. The Morgan fingerprint density at radius 3 is 2.91 bits per heavy atom. The zero-order valence-electron chi connectivity index (χ0n) is 12.0. The van der Waals surface area contributed by atoms with Crippen LogP contribution >= 0.6 is 11.3 Å². The van der Waals surface area contributed by atoms with Gasteiger partial charge in [0.05, 0.1) is 4.88 Å². The normalized spacial score (nSPS) is 12.6. The van der Waals surface area contributed by atoms with Crippen molar-refractivity contribution in [3.05, 3.63) is 58.7 Å². The number of carbonyl (C=O) groups excluding carboxylic acids is 1. The molecule has 23 heavy (non-hydrogen) atoms. The number of fused-ring (bicyclic) bond motifs is 2. The lowest BCUT2D eigenvalue weighted by Crippen LogP contribution is -2.21. The van der Waals surface area contributed by atoms with Crippen molar-refractivity contribution in [3.8, 4) is 11.5 Å². The standard InChI is InChI=1S/C17H12FNO3S/c18-12-3-2-11-6-16(23-15(11)7-12)17(20)19-8-10-1-4-13-14(5-10)22-9-21-13/h1-7H,8-9H2,(H,19,20). The predicted molar refractivity (Wildman–Crippen MR) is 85.5 cm³/mol. The van der Waals surface area contributed by atoms with Crippen LogP contribution in [0.4, 0.5) is 4.39 Å². The summed E-state index contributed by atoms with van der Waals surface area (Å²) in [5.74, 6) is 0.927. The van der Waals surface area contributed by atoms with Gasteiger partial charge in [-0.1, -0.05) is 12.1 Å². The number of amides is 1. The molecule has 6 heteroatoms. The van der Waals surface area contributed by atoms with Crippen LogP contribution in [-0.4, -0.2) is 12.7 Å². The molecule has 1 aliphatic rings. The summed E-state index contributed by atoms with van der Waals surface area (Å²) < 4.78 is 24.5. The fourth-order valence-corrected chi connectivity index (χ4v) is 3.44. The molecule has 0 atom stereocenters. The molecule has 0 aliphatic carbocycles. The Morgan fingerprint density at radius 2 is 2.00 bits per heavy atom. The second kappa shape index (κ2) is 5.55. The van der Waals surface area contributed by atoms with Gasteiger partial charge in [-0.05, 0) is 41.3 Å². The highest BCUT2D eigenvalue weighted by Crippen LogP contribution is 2.32. The first kappa shape index (κ1) is 14.0. The zero-order valence-corrected chi connectivity index (χ0v) is 12.8. The Labute approximate surface area is 135 Å². The van der Waals surface area contributed by atoms with Gasteiger partial charge < -0.3 is 14.8 Å². The van der Waals surface area contributed by atoms with E-state index in [1.54, 1.807) is 12.1 Å². The van der Waals surface area contributed by atoms with Gasteiger partial charge in [0.2, 0.25) is 6.79 Å². The largest absolute Gasteiger partial charge is 0.454 e. The van der Waals surface area contributed by atoms with Crippen LogP contribution in [0.25, 0.3) is 10.1 Å². The summed E-state index contributed by atoms with van der Waals surface area (Å²) in [6.45, 7) is 0.613. The topological polar surface area (TPSA) is 47.6 Å². The molecule has 1 aliphatic heterocycles. The number of rotatable bonds is 3.